The molecule has 2 aromatic heterocycles. The van der Waals surface area contributed by atoms with E-state index in [-0.39, 0.29) is 29.2 Å². The summed E-state index contributed by atoms with van der Waals surface area (Å²) in [7, 11) is -4.72. The first-order valence-electron chi connectivity index (χ1n) is 8.28. The van der Waals surface area contributed by atoms with Crippen molar-refractivity contribution in [3.05, 3.63) is 28.6 Å². The number of aromatic amines is 1. The van der Waals surface area contributed by atoms with Gasteiger partial charge in [-0.15, -0.1) is 0 Å². The summed E-state index contributed by atoms with van der Waals surface area (Å²) in [5.41, 5.74) is -0.391. The van der Waals surface area contributed by atoms with Crippen LogP contribution in [-0.4, -0.2) is 64.1 Å². The van der Waals surface area contributed by atoms with Crippen molar-refractivity contribution in [2.24, 2.45) is 5.92 Å². The number of aliphatic hydroxyl groups is 2. The standard InChI is InChI=1S/C15H19N4O8P/c1-7(20)2-3-10-17-14-11(15(23)18-10)16-6-19(14)9-4-8(12(21)13(9)22)5-27-28(24,25)26/h2-3,6,8-9,12-13,21-22H,4-5H2,1H3,(H,17,18,23)(H2,24,25,26)/b3-2+/t8-,9-,12-,13+/m1/s1. The lowest BCUT2D eigenvalue weighted by atomic mass is 10.1. The van der Waals surface area contributed by atoms with Gasteiger partial charge in [0.25, 0.3) is 5.56 Å². The van der Waals surface area contributed by atoms with Gasteiger partial charge in [-0.05, 0) is 25.5 Å². The van der Waals surface area contributed by atoms with Gasteiger partial charge in [-0.1, -0.05) is 0 Å². The van der Waals surface area contributed by atoms with Crippen LogP contribution in [0.5, 0.6) is 0 Å². The van der Waals surface area contributed by atoms with Crippen molar-refractivity contribution in [3.63, 3.8) is 0 Å². The van der Waals surface area contributed by atoms with Gasteiger partial charge in [0, 0.05) is 5.92 Å². The first-order valence-corrected chi connectivity index (χ1v) is 9.81. The third kappa shape index (κ3) is 4.27. The number of carbonyl (C=O) groups is 1. The molecule has 3 rings (SSSR count). The number of phosphoric ester groups is 1. The summed E-state index contributed by atoms with van der Waals surface area (Å²) in [5, 5.41) is 20.6. The number of allylic oxidation sites excluding steroid dienone is 1. The molecule has 5 N–H and O–H groups in total. The molecule has 1 aliphatic rings. The van der Waals surface area contributed by atoms with Gasteiger partial charge in [-0.25, -0.2) is 14.5 Å². The summed E-state index contributed by atoms with van der Waals surface area (Å²) in [6, 6.07) is -0.746. The Morgan fingerprint density at radius 3 is 2.79 bits per heavy atom. The maximum atomic E-state index is 12.2. The van der Waals surface area contributed by atoms with Gasteiger partial charge in [0.15, 0.2) is 16.9 Å². The Hall–Kier alpha value is -2.21. The fourth-order valence-corrected chi connectivity index (χ4v) is 3.58. The molecule has 0 unspecified atom stereocenters. The average molecular weight is 414 g/mol. The van der Waals surface area contributed by atoms with Gasteiger partial charge in [0.1, 0.15) is 11.9 Å². The minimum atomic E-state index is -4.72. The van der Waals surface area contributed by atoms with E-state index in [0.717, 1.165) is 0 Å². The number of carbonyl (C=O) groups excluding carboxylic acids is 1. The van der Waals surface area contributed by atoms with E-state index in [2.05, 4.69) is 19.5 Å². The lowest BCUT2D eigenvalue weighted by Gasteiger charge is -2.18. The van der Waals surface area contributed by atoms with Crippen LogP contribution in [0, 0.1) is 5.92 Å². The Balaban J connectivity index is 1.93. The number of aromatic nitrogens is 4. The van der Waals surface area contributed by atoms with E-state index in [1.807, 2.05) is 0 Å². The van der Waals surface area contributed by atoms with Crippen LogP contribution < -0.4 is 5.56 Å². The second kappa shape index (κ2) is 7.66. The molecular weight excluding hydrogens is 395 g/mol. The van der Waals surface area contributed by atoms with Crippen molar-refractivity contribution in [1.82, 2.24) is 19.5 Å². The number of ketones is 1. The molecule has 13 heteroatoms. The van der Waals surface area contributed by atoms with Crippen molar-refractivity contribution >= 4 is 30.8 Å². The number of hydrogen-bond acceptors (Lipinski definition) is 8. The Bertz CT molecular complexity index is 1020. The average Bonchev–Trinajstić information content (AvgIpc) is 3.13. The van der Waals surface area contributed by atoms with Crippen molar-refractivity contribution in [2.75, 3.05) is 6.61 Å². The smallest absolute Gasteiger partial charge is 0.390 e. The van der Waals surface area contributed by atoms with Crippen LogP contribution >= 0.6 is 7.82 Å². The maximum Gasteiger partial charge on any atom is 0.469 e. The number of imidazole rings is 1. The first kappa shape index (κ1) is 20.5. The lowest BCUT2D eigenvalue weighted by molar-refractivity contribution is -0.112. The zero-order valence-corrected chi connectivity index (χ0v) is 15.6. The molecule has 0 spiro atoms. The molecule has 152 valence electrons. The van der Waals surface area contributed by atoms with E-state index in [1.54, 1.807) is 0 Å². The van der Waals surface area contributed by atoms with Gasteiger partial charge >= 0.3 is 7.82 Å². The molecule has 0 aliphatic heterocycles. The molecule has 0 saturated heterocycles. The Kier molecular flexibility index (Phi) is 5.62. The molecule has 1 saturated carbocycles. The van der Waals surface area contributed by atoms with Crippen molar-refractivity contribution in [3.8, 4) is 0 Å². The zero-order chi connectivity index (χ0) is 20.6. The highest BCUT2D eigenvalue weighted by Gasteiger charge is 2.43. The molecular formula is C15H19N4O8P. The minimum absolute atomic E-state index is 0.0107. The van der Waals surface area contributed by atoms with Crippen molar-refractivity contribution < 1.29 is 33.9 Å². The quantitative estimate of drug-likeness (QED) is 0.293. The maximum absolute atomic E-state index is 12.2. The summed E-state index contributed by atoms with van der Waals surface area (Å²) in [6.45, 7) is 0.889. The molecule has 0 bridgehead atoms. The molecule has 12 nitrogen and oxygen atoms in total. The highest BCUT2D eigenvalue weighted by molar-refractivity contribution is 7.46. The molecule has 1 fully saturated rings. The molecule has 1 aliphatic carbocycles. The van der Waals surface area contributed by atoms with E-state index in [0.29, 0.717) is 0 Å². The topological polar surface area (TPSA) is 188 Å². The third-order valence-corrected chi connectivity index (χ3v) is 5.00. The van der Waals surface area contributed by atoms with E-state index in [1.165, 1.54) is 30.0 Å². The molecule has 0 amide bonds. The summed E-state index contributed by atoms with van der Waals surface area (Å²) in [6.07, 6.45) is 1.37. The first-order chi connectivity index (χ1) is 13.1. The Morgan fingerprint density at radius 1 is 1.43 bits per heavy atom. The highest BCUT2D eigenvalue weighted by atomic mass is 31.2. The van der Waals surface area contributed by atoms with Crippen LogP contribution in [0.4, 0.5) is 0 Å². The highest BCUT2D eigenvalue weighted by Crippen LogP contribution is 2.41. The fourth-order valence-electron chi connectivity index (χ4n) is 3.19. The number of nitrogens with one attached hydrogen (secondary N) is 1. The van der Waals surface area contributed by atoms with Crippen molar-refractivity contribution in [1.29, 1.82) is 0 Å². The fraction of sp³-hybridized carbons (Fsp3) is 0.467. The second-order valence-electron chi connectivity index (χ2n) is 6.55. The number of hydrogen-bond donors (Lipinski definition) is 5. The van der Waals surface area contributed by atoms with Gasteiger partial charge < -0.3 is 29.6 Å². The Morgan fingerprint density at radius 2 is 2.14 bits per heavy atom. The summed E-state index contributed by atoms with van der Waals surface area (Å²) in [5.74, 6) is -0.869. The number of H-pyrrole nitrogens is 1. The second-order valence-corrected chi connectivity index (χ2v) is 7.79. The van der Waals surface area contributed by atoms with E-state index >= 15 is 0 Å². The van der Waals surface area contributed by atoms with Crippen molar-refractivity contribution in [2.45, 2.75) is 31.6 Å². The lowest BCUT2D eigenvalue weighted by Crippen LogP contribution is -2.30. The van der Waals surface area contributed by atoms with E-state index in [9.17, 15) is 24.4 Å². The predicted molar refractivity (Wildman–Crippen MR) is 95.0 cm³/mol. The molecule has 2 heterocycles. The van der Waals surface area contributed by atoms with Crippen LogP contribution in [0.2, 0.25) is 0 Å². The number of nitrogens with zero attached hydrogens (tertiary/aromatic N) is 3. The van der Waals surface area contributed by atoms with Crippen LogP contribution in [0.1, 0.15) is 25.2 Å². The van der Waals surface area contributed by atoms with Crippen LogP contribution in [-0.2, 0) is 13.9 Å². The monoisotopic (exact) mass is 414 g/mol. The summed E-state index contributed by atoms with van der Waals surface area (Å²) in [4.78, 5) is 51.6. The third-order valence-electron chi connectivity index (χ3n) is 4.51. The SMILES string of the molecule is CC(=O)/C=C/c1nc2c(ncn2[C@@H]2C[C@H](COP(=O)(O)O)[C@@H](O)[C@H]2O)c(=O)[nH]1. The van der Waals surface area contributed by atoms with Gasteiger partial charge in [0.05, 0.1) is 25.1 Å². The van der Waals surface area contributed by atoms with E-state index in [4.69, 9.17) is 9.79 Å². The largest absolute Gasteiger partial charge is 0.469 e. The zero-order valence-electron chi connectivity index (χ0n) is 14.7. The minimum Gasteiger partial charge on any atom is -0.390 e. The number of fused-ring (bicyclic) bond motifs is 1. The molecule has 0 aromatic carbocycles. The predicted octanol–water partition coefficient (Wildman–Crippen LogP) is -0.886. The normalized spacial score (nSPS) is 25.8. The summed E-state index contributed by atoms with van der Waals surface area (Å²) >= 11 is 0. The van der Waals surface area contributed by atoms with Crippen LogP contribution in [0.25, 0.3) is 17.2 Å². The van der Waals surface area contributed by atoms with Gasteiger partial charge in [-0.3, -0.25) is 14.1 Å². The number of phosphoric acid groups is 1. The number of aliphatic hydroxyl groups excluding tert-OH is 2. The van der Waals surface area contributed by atoms with Gasteiger partial charge in [0.2, 0.25) is 0 Å². The molecule has 0 radical (unpaired) electrons. The van der Waals surface area contributed by atoms with Crippen LogP contribution in [0.15, 0.2) is 17.2 Å². The molecule has 28 heavy (non-hydrogen) atoms. The number of rotatable bonds is 6. The molecule has 2 aromatic rings. The van der Waals surface area contributed by atoms with Crippen LogP contribution in [0.3, 0.4) is 0 Å². The van der Waals surface area contributed by atoms with Gasteiger partial charge in [-0.2, -0.15) is 0 Å². The van der Waals surface area contributed by atoms with E-state index < -0.39 is 44.2 Å². The Labute approximate surface area is 157 Å². The molecule has 4 atom stereocenters. The summed E-state index contributed by atoms with van der Waals surface area (Å²) < 4.78 is 16.7.